The Kier molecular flexibility index (Phi) is 17.2. The molecule has 4 amide bonds. The summed E-state index contributed by atoms with van der Waals surface area (Å²) in [6.45, 7) is 16.1. The lowest BCUT2D eigenvalue weighted by atomic mass is 9.98. The molecule has 5 rings (SSSR count). The van der Waals surface area contributed by atoms with E-state index in [0.29, 0.717) is 85.3 Å². The molecule has 1 aromatic heterocycles. The van der Waals surface area contributed by atoms with Gasteiger partial charge in [0.1, 0.15) is 29.8 Å². The minimum absolute atomic E-state index is 0.0266. The highest BCUT2D eigenvalue weighted by Gasteiger charge is 2.31. The van der Waals surface area contributed by atoms with Crippen molar-refractivity contribution < 1.29 is 43.6 Å². The average molecular weight is 912 g/mol. The van der Waals surface area contributed by atoms with E-state index in [1.54, 1.807) is 49.1 Å². The molecule has 1 aliphatic rings. The summed E-state index contributed by atoms with van der Waals surface area (Å²) in [7, 11) is 0. The maximum absolute atomic E-state index is 14.2. The van der Waals surface area contributed by atoms with Crippen LogP contribution in [-0.4, -0.2) is 123 Å². The van der Waals surface area contributed by atoms with Crippen molar-refractivity contribution in [2.45, 2.75) is 73.7 Å². The Morgan fingerprint density at radius 3 is 2.29 bits per heavy atom. The number of carbonyl (C=O) groups is 4. The van der Waals surface area contributed by atoms with Crippen LogP contribution in [0.25, 0.3) is 11.6 Å². The van der Waals surface area contributed by atoms with Crippen molar-refractivity contribution in [1.29, 1.82) is 5.41 Å². The van der Waals surface area contributed by atoms with E-state index in [2.05, 4.69) is 20.5 Å². The molecule has 0 aliphatic carbocycles. The smallest absolute Gasteiger partial charge is 0.416 e. The van der Waals surface area contributed by atoms with Crippen molar-refractivity contribution in [3.63, 3.8) is 0 Å². The number of phenols is 2. The van der Waals surface area contributed by atoms with E-state index in [4.69, 9.17) is 15.9 Å². The molecule has 3 aromatic carbocycles. The highest BCUT2D eigenvalue weighted by molar-refractivity contribution is 6.35. The number of imide groups is 1. The molecule has 2 heterocycles. The number of aromatic hydroxyl groups is 2. The van der Waals surface area contributed by atoms with Gasteiger partial charge in [-0.2, -0.15) is 0 Å². The predicted octanol–water partition coefficient (Wildman–Crippen LogP) is 5.81. The number of rotatable bonds is 20. The zero-order valence-corrected chi connectivity index (χ0v) is 38.6. The number of likely N-dealkylation sites (N-methyl/N-ethyl adjacent to an activating group) is 2. The second kappa shape index (κ2) is 22.5. The number of nitrogens with two attached hydrogens (primary N) is 1. The van der Waals surface area contributed by atoms with Crippen molar-refractivity contribution in [1.82, 2.24) is 25.0 Å². The second-order valence-corrected chi connectivity index (χ2v) is 16.2. The molecule has 4 aromatic rings. The number of hydrogen-bond acceptors (Lipinski definition) is 12. The number of aromatic nitrogens is 1. The number of benzene rings is 3. The SMILES string of the molecule is CCN(CC)CCN(C(=O)OCCC(=O)N(CC)CCNCc1ccc(N(C(=N)c2cc(C(C)C)c(O)cc2O)C(N)O)cc1)C(=O)c1c(C)[nH]c(/C=C2\C(=O)Nc3ccc(F)cc32)c1C. The van der Waals surface area contributed by atoms with Gasteiger partial charge in [-0.05, 0) is 98.9 Å². The molecule has 0 bridgehead atoms. The number of ether oxygens (including phenoxy) is 1. The number of H-pyrrole nitrogens is 1. The summed E-state index contributed by atoms with van der Waals surface area (Å²) in [4.78, 5) is 63.0. The van der Waals surface area contributed by atoms with Gasteiger partial charge < -0.3 is 45.5 Å². The Labute approximate surface area is 384 Å². The minimum atomic E-state index is -1.60. The lowest BCUT2D eigenvalue weighted by Gasteiger charge is -2.28. The van der Waals surface area contributed by atoms with Crippen LogP contribution in [-0.2, 0) is 20.9 Å². The molecule has 1 atom stereocenters. The Balaban J connectivity index is 1.17. The van der Waals surface area contributed by atoms with Crippen molar-refractivity contribution in [3.05, 3.63) is 105 Å². The van der Waals surface area contributed by atoms with Gasteiger partial charge in [0.15, 0.2) is 6.35 Å². The molecule has 18 heteroatoms. The standard InChI is InChI=1S/C48H62FN9O8/c1-8-55(9-2)20-21-57(46(63)43-29(6)39(53-30(43)7)25-36-35-23-32(49)13-16-38(35)54-45(36)62)48(65)66-22-17-42(61)56(10-3)19-18-52-27-31-11-14-33(15-12-31)58(47(51)64)44(50)37-24-34(28(4)5)40(59)26-41(37)60/h11-16,23-26,28,47,50,52-53,59-60,64H,8-10,17-22,27,51H2,1-7H3,(H,54,62)/b36-25-,50-44?. The molecular formula is C48H62FN9O8. The number of amidine groups is 1. The fraction of sp³-hybridized carbons (Fsp3) is 0.396. The largest absolute Gasteiger partial charge is 0.508 e. The highest BCUT2D eigenvalue weighted by Crippen LogP contribution is 2.36. The summed E-state index contributed by atoms with van der Waals surface area (Å²) >= 11 is 0. The van der Waals surface area contributed by atoms with Gasteiger partial charge >= 0.3 is 6.09 Å². The average Bonchev–Trinajstić information content (AvgIpc) is 3.73. The Morgan fingerprint density at radius 1 is 0.955 bits per heavy atom. The summed E-state index contributed by atoms with van der Waals surface area (Å²) in [6.07, 6.45) is -1.04. The molecular weight excluding hydrogens is 850 g/mol. The number of hydrogen-bond donors (Lipinski definition) is 8. The Bertz CT molecular complexity index is 2450. The first-order chi connectivity index (χ1) is 31.4. The molecule has 0 fully saturated rings. The number of aliphatic hydroxyl groups excluding tert-OH is 1. The van der Waals surface area contributed by atoms with E-state index < -0.39 is 30.1 Å². The van der Waals surface area contributed by atoms with Crippen LogP contribution in [0.5, 0.6) is 11.5 Å². The van der Waals surface area contributed by atoms with Crippen molar-refractivity contribution in [2.24, 2.45) is 5.73 Å². The van der Waals surface area contributed by atoms with E-state index in [1.807, 2.05) is 34.6 Å². The topological polar surface area (TPSA) is 241 Å². The molecule has 9 N–H and O–H groups in total. The van der Waals surface area contributed by atoms with Gasteiger partial charge in [-0.15, -0.1) is 0 Å². The Hall–Kier alpha value is -6.60. The van der Waals surface area contributed by atoms with Gasteiger partial charge in [0.25, 0.3) is 11.8 Å². The van der Waals surface area contributed by atoms with Crippen molar-refractivity contribution in [2.75, 3.05) is 62.6 Å². The number of fused-ring (bicyclic) bond motifs is 1. The zero-order chi connectivity index (χ0) is 48.4. The van der Waals surface area contributed by atoms with E-state index >= 15 is 0 Å². The van der Waals surface area contributed by atoms with Crippen molar-refractivity contribution in [3.8, 4) is 11.5 Å². The number of phenolic OH excluding ortho intramolecular Hbond substituents is 2. The van der Waals surface area contributed by atoms with E-state index in [9.17, 15) is 38.9 Å². The Morgan fingerprint density at radius 2 is 1.65 bits per heavy atom. The lowest BCUT2D eigenvalue weighted by Crippen LogP contribution is -2.46. The molecule has 1 aliphatic heterocycles. The molecule has 0 saturated heterocycles. The van der Waals surface area contributed by atoms with Crippen LogP contribution in [0.15, 0.2) is 54.6 Å². The first-order valence-corrected chi connectivity index (χ1v) is 22.1. The normalized spacial score (nSPS) is 13.2. The van der Waals surface area contributed by atoms with Gasteiger partial charge in [0.2, 0.25) is 5.91 Å². The number of nitrogens with zero attached hydrogens (tertiary/aromatic N) is 4. The molecule has 1 unspecified atom stereocenters. The van der Waals surface area contributed by atoms with Crippen LogP contribution in [0.4, 0.5) is 20.6 Å². The third-order valence-electron chi connectivity index (χ3n) is 11.6. The van der Waals surface area contributed by atoms with Crippen LogP contribution >= 0.6 is 0 Å². The molecule has 0 radical (unpaired) electrons. The van der Waals surface area contributed by atoms with Gasteiger partial charge in [0.05, 0.1) is 23.1 Å². The fourth-order valence-corrected chi connectivity index (χ4v) is 7.81. The third-order valence-corrected chi connectivity index (χ3v) is 11.6. The third kappa shape index (κ3) is 11.8. The maximum Gasteiger partial charge on any atom is 0.416 e. The molecule has 0 spiro atoms. The van der Waals surface area contributed by atoms with Crippen LogP contribution < -0.4 is 21.3 Å². The second-order valence-electron chi connectivity index (χ2n) is 16.2. The van der Waals surface area contributed by atoms with Gasteiger partial charge in [0, 0.05) is 73.7 Å². The van der Waals surface area contributed by atoms with Gasteiger partial charge in [-0.3, -0.25) is 30.4 Å². The first-order valence-electron chi connectivity index (χ1n) is 22.1. The van der Waals surface area contributed by atoms with Crippen LogP contribution in [0.3, 0.4) is 0 Å². The molecule has 66 heavy (non-hydrogen) atoms. The minimum Gasteiger partial charge on any atom is -0.508 e. The van der Waals surface area contributed by atoms with Gasteiger partial charge in [-0.25, -0.2) is 14.1 Å². The number of anilines is 2. The molecule has 354 valence electrons. The number of halogens is 1. The van der Waals surface area contributed by atoms with Crippen molar-refractivity contribution >= 4 is 52.7 Å². The lowest BCUT2D eigenvalue weighted by molar-refractivity contribution is -0.131. The summed E-state index contributed by atoms with van der Waals surface area (Å²) in [5.41, 5.74) is 10.5. The number of aryl methyl sites for hydroxylation is 1. The van der Waals surface area contributed by atoms with E-state index in [-0.39, 0.29) is 65.4 Å². The number of aliphatic hydroxyl groups is 1. The van der Waals surface area contributed by atoms with Gasteiger partial charge in [-0.1, -0.05) is 39.8 Å². The summed E-state index contributed by atoms with van der Waals surface area (Å²) < 4.78 is 19.7. The number of carbonyl (C=O) groups excluding carboxylic acids is 4. The predicted molar refractivity (Wildman–Crippen MR) is 252 cm³/mol. The first kappa shape index (κ1) is 50.4. The molecule has 17 nitrogen and oxygen atoms in total. The van der Waals surface area contributed by atoms with E-state index in [0.717, 1.165) is 15.4 Å². The van der Waals surface area contributed by atoms with E-state index in [1.165, 1.54) is 30.3 Å². The monoisotopic (exact) mass is 911 g/mol. The number of amides is 4. The maximum atomic E-state index is 14.2. The molecule has 0 saturated carbocycles. The van der Waals surface area contributed by atoms with Crippen LogP contribution in [0.2, 0.25) is 0 Å². The highest BCUT2D eigenvalue weighted by atomic mass is 19.1. The number of aromatic amines is 1. The van der Waals surface area contributed by atoms with Crippen LogP contribution in [0.1, 0.15) is 96.5 Å². The fourth-order valence-electron chi connectivity index (χ4n) is 7.81. The number of nitrogens with one attached hydrogen (secondary N) is 4. The zero-order valence-electron chi connectivity index (χ0n) is 38.6. The summed E-state index contributed by atoms with van der Waals surface area (Å²) in [6, 6.07) is 13.6. The van der Waals surface area contributed by atoms with Crippen LogP contribution in [0, 0.1) is 25.1 Å². The quantitative estimate of drug-likeness (QED) is 0.0172. The summed E-state index contributed by atoms with van der Waals surface area (Å²) in [5, 5.41) is 46.0. The summed E-state index contributed by atoms with van der Waals surface area (Å²) in [5.74, 6) is -2.53.